The molecule has 6 heteroatoms. The van der Waals surface area contributed by atoms with Gasteiger partial charge >= 0.3 is 6.36 Å². The maximum Gasteiger partial charge on any atom is 0.573 e. The highest BCUT2D eigenvalue weighted by Gasteiger charge is 2.33. The smallest absolute Gasteiger partial charge is 0.403 e. The SMILES string of the molecule is CCc1cc(CCCC(C)N)cc(OC(F)(F)F)c1F. The lowest BCUT2D eigenvalue weighted by molar-refractivity contribution is -0.275. The normalized spacial score (nSPS) is 13.3. The van der Waals surface area contributed by atoms with Crippen LogP contribution in [0.1, 0.15) is 37.8 Å². The first kappa shape index (κ1) is 16.8. The van der Waals surface area contributed by atoms with E-state index in [1.807, 2.05) is 6.92 Å². The van der Waals surface area contributed by atoms with Crippen molar-refractivity contribution < 1.29 is 22.3 Å². The number of nitrogens with two attached hydrogens (primary N) is 1. The molecule has 1 atom stereocenters. The van der Waals surface area contributed by atoms with E-state index in [2.05, 4.69) is 4.74 Å². The molecule has 0 bridgehead atoms. The summed E-state index contributed by atoms with van der Waals surface area (Å²) in [5, 5.41) is 0. The molecular formula is C14H19F4NO. The topological polar surface area (TPSA) is 35.2 Å². The molecule has 20 heavy (non-hydrogen) atoms. The van der Waals surface area contributed by atoms with E-state index in [0.717, 1.165) is 18.9 Å². The van der Waals surface area contributed by atoms with Gasteiger partial charge in [-0.3, -0.25) is 0 Å². The molecule has 0 radical (unpaired) electrons. The van der Waals surface area contributed by atoms with Crippen molar-refractivity contribution in [2.75, 3.05) is 0 Å². The fourth-order valence-corrected chi connectivity index (χ4v) is 1.95. The number of rotatable bonds is 6. The minimum absolute atomic E-state index is 0.0342. The van der Waals surface area contributed by atoms with Gasteiger partial charge in [-0.15, -0.1) is 13.2 Å². The third-order valence-corrected chi connectivity index (χ3v) is 2.91. The second-order valence-electron chi connectivity index (χ2n) is 4.84. The fourth-order valence-electron chi connectivity index (χ4n) is 1.95. The second kappa shape index (κ2) is 6.92. The average Bonchev–Trinajstić information content (AvgIpc) is 2.30. The second-order valence-corrected chi connectivity index (χ2v) is 4.84. The molecule has 2 nitrogen and oxygen atoms in total. The zero-order valence-electron chi connectivity index (χ0n) is 11.6. The zero-order chi connectivity index (χ0) is 15.3. The van der Waals surface area contributed by atoms with Gasteiger partial charge in [0.05, 0.1) is 0 Å². The molecule has 114 valence electrons. The van der Waals surface area contributed by atoms with Crippen LogP contribution in [-0.4, -0.2) is 12.4 Å². The Balaban J connectivity index is 2.93. The first-order chi connectivity index (χ1) is 9.23. The van der Waals surface area contributed by atoms with Crippen molar-refractivity contribution in [3.63, 3.8) is 0 Å². The predicted molar refractivity (Wildman–Crippen MR) is 69.0 cm³/mol. The van der Waals surface area contributed by atoms with Crippen molar-refractivity contribution in [3.8, 4) is 5.75 Å². The van der Waals surface area contributed by atoms with Crippen LogP contribution in [0.4, 0.5) is 17.6 Å². The van der Waals surface area contributed by atoms with Crippen LogP contribution in [0.5, 0.6) is 5.75 Å². The summed E-state index contributed by atoms with van der Waals surface area (Å²) in [6, 6.07) is 2.73. The molecule has 1 rings (SSSR count). The molecular weight excluding hydrogens is 274 g/mol. The lowest BCUT2D eigenvalue weighted by atomic mass is 10.0. The number of ether oxygens (including phenoxy) is 1. The van der Waals surface area contributed by atoms with Gasteiger partial charge in [0.15, 0.2) is 11.6 Å². The molecule has 0 aromatic heterocycles. The maximum absolute atomic E-state index is 13.8. The molecule has 1 unspecified atom stereocenters. The molecule has 0 aliphatic carbocycles. The van der Waals surface area contributed by atoms with Gasteiger partial charge in [0.25, 0.3) is 0 Å². The van der Waals surface area contributed by atoms with Gasteiger partial charge in [0.2, 0.25) is 0 Å². The first-order valence-corrected chi connectivity index (χ1v) is 6.55. The van der Waals surface area contributed by atoms with Gasteiger partial charge in [-0.2, -0.15) is 0 Å². The number of alkyl halides is 3. The number of halogens is 4. The summed E-state index contributed by atoms with van der Waals surface area (Å²) in [6.07, 6.45) is -2.55. The minimum atomic E-state index is -4.89. The van der Waals surface area contributed by atoms with Gasteiger partial charge in [0.1, 0.15) is 0 Å². The highest BCUT2D eigenvalue weighted by Crippen LogP contribution is 2.29. The molecule has 0 aliphatic rings. The number of hydrogen-bond acceptors (Lipinski definition) is 2. The molecule has 1 aromatic rings. The quantitative estimate of drug-likeness (QED) is 0.806. The summed E-state index contributed by atoms with van der Waals surface area (Å²) in [7, 11) is 0. The summed E-state index contributed by atoms with van der Waals surface area (Å²) >= 11 is 0. The Kier molecular flexibility index (Phi) is 5.80. The van der Waals surface area contributed by atoms with Crippen LogP contribution in [0.15, 0.2) is 12.1 Å². The van der Waals surface area contributed by atoms with Crippen molar-refractivity contribution >= 4 is 0 Å². The molecule has 2 N–H and O–H groups in total. The molecule has 1 aromatic carbocycles. The van der Waals surface area contributed by atoms with Gasteiger partial charge in [-0.25, -0.2) is 4.39 Å². The summed E-state index contributed by atoms with van der Waals surface area (Å²) in [5.74, 6) is -1.70. The van der Waals surface area contributed by atoms with E-state index in [-0.39, 0.29) is 11.6 Å². The zero-order valence-corrected chi connectivity index (χ0v) is 11.6. The number of hydrogen-bond donors (Lipinski definition) is 1. The predicted octanol–water partition coefficient (Wildman–Crippen LogP) is 3.96. The summed E-state index contributed by atoms with van der Waals surface area (Å²) < 4.78 is 54.3. The van der Waals surface area contributed by atoms with E-state index in [1.165, 1.54) is 0 Å². The Morgan fingerprint density at radius 3 is 2.45 bits per heavy atom. The first-order valence-electron chi connectivity index (χ1n) is 6.55. The van der Waals surface area contributed by atoms with Crippen LogP contribution in [0.25, 0.3) is 0 Å². The van der Waals surface area contributed by atoms with Crippen LogP contribution in [0.3, 0.4) is 0 Å². The Labute approximate surface area is 115 Å². The fraction of sp³-hybridized carbons (Fsp3) is 0.571. The van der Waals surface area contributed by atoms with Crippen molar-refractivity contribution in [3.05, 3.63) is 29.1 Å². The molecule has 0 aliphatic heterocycles. The van der Waals surface area contributed by atoms with Gasteiger partial charge in [0, 0.05) is 6.04 Å². The van der Waals surface area contributed by atoms with Gasteiger partial charge in [-0.1, -0.05) is 13.0 Å². The number of benzene rings is 1. The molecule has 0 amide bonds. The third-order valence-electron chi connectivity index (χ3n) is 2.91. The van der Waals surface area contributed by atoms with E-state index in [9.17, 15) is 17.6 Å². The molecule has 0 heterocycles. The standard InChI is InChI=1S/C14H19F4NO/c1-3-11-7-10(6-4-5-9(2)19)8-12(13(11)15)20-14(16,17)18/h7-9H,3-6,19H2,1-2H3. The van der Waals surface area contributed by atoms with Crippen molar-refractivity contribution in [1.82, 2.24) is 0 Å². The maximum atomic E-state index is 13.8. The highest BCUT2D eigenvalue weighted by atomic mass is 19.4. The Bertz CT molecular complexity index is 444. The van der Waals surface area contributed by atoms with Crippen LogP contribution >= 0.6 is 0 Å². The van der Waals surface area contributed by atoms with E-state index in [1.54, 1.807) is 13.0 Å². The summed E-state index contributed by atoms with van der Waals surface area (Å²) in [4.78, 5) is 0. The van der Waals surface area contributed by atoms with Crippen LogP contribution in [-0.2, 0) is 12.8 Å². The van der Waals surface area contributed by atoms with Crippen LogP contribution in [0, 0.1) is 5.82 Å². The van der Waals surface area contributed by atoms with E-state index < -0.39 is 17.9 Å². The van der Waals surface area contributed by atoms with Crippen LogP contribution < -0.4 is 10.5 Å². The van der Waals surface area contributed by atoms with Crippen molar-refractivity contribution in [1.29, 1.82) is 0 Å². The Morgan fingerprint density at radius 1 is 1.30 bits per heavy atom. The monoisotopic (exact) mass is 293 g/mol. The van der Waals surface area contributed by atoms with Gasteiger partial charge < -0.3 is 10.5 Å². The summed E-state index contributed by atoms with van der Waals surface area (Å²) in [5.41, 5.74) is 6.47. The van der Waals surface area contributed by atoms with E-state index in [4.69, 9.17) is 5.73 Å². The Hall–Kier alpha value is -1.30. The molecule has 0 saturated heterocycles. The molecule has 0 saturated carbocycles. The van der Waals surface area contributed by atoms with Crippen molar-refractivity contribution in [2.45, 2.75) is 51.9 Å². The molecule has 0 spiro atoms. The van der Waals surface area contributed by atoms with Crippen LogP contribution in [0.2, 0.25) is 0 Å². The minimum Gasteiger partial charge on any atom is -0.403 e. The largest absolute Gasteiger partial charge is 0.573 e. The third kappa shape index (κ3) is 5.36. The van der Waals surface area contributed by atoms with Gasteiger partial charge in [-0.05, 0) is 49.8 Å². The average molecular weight is 293 g/mol. The lowest BCUT2D eigenvalue weighted by Crippen LogP contribution is -2.18. The van der Waals surface area contributed by atoms with E-state index >= 15 is 0 Å². The van der Waals surface area contributed by atoms with Crippen molar-refractivity contribution in [2.24, 2.45) is 5.73 Å². The van der Waals surface area contributed by atoms with E-state index in [0.29, 0.717) is 18.4 Å². The lowest BCUT2D eigenvalue weighted by Gasteiger charge is -2.14. The number of aryl methyl sites for hydroxylation is 2. The summed E-state index contributed by atoms with van der Waals surface area (Å²) in [6.45, 7) is 3.54. The highest BCUT2D eigenvalue weighted by molar-refractivity contribution is 5.36. The Morgan fingerprint density at radius 2 is 1.95 bits per heavy atom. The molecule has 0 fully saturated rings.